The van der Waals surface area contributed by atoms with Crippen LogP contribution in [-0.4, -0.2) is 19.5 Å². The number of carbonyl (C=O) groups excluding carboxylic acids is 1. The molecule has 3 heteroatoms. The average Bonchev–Trinajstić information content (AvgIpc) is 1.89. The van der Waals surface area contributed by atoms with Gasteiger partial charge in [-0.2, -0.15) is 5.26 Å². The minimum atomic E-state index is -0.000417. The molecule has 0 aromatic heterocycles. The van der Waals surface area contributed by atoms with Gasteiger partial charge in [0.25, 0.3) is 0 Å². The van der Waals surface area contributed by atoms with Gasteiger partial charge in [0.15, 0.2) is 0 Å². The zero-order valence-electron chi connectivity index (χ0n) is 6.09. The summed E-state index contributed by atoms with van der Waals surface area (Å²) in [4.78, 5) is 10.6. The molecule has 3 nitrogen and oxygen atoms in total. The first-order valence-electron chi connectivity index (χ1n) is 3.19. The standard InChI is InChI=1S/C7H11NO2/c1-10-6-2-3-7(9)4-5-8/h2-4,6H2,1H3. The number of nitriles is 1. The van der Waals surface area contributed by atoms with Gasteiger partial charge in [-0.15, -0.1) is 0 Å². The normalized spacial score (nSPS) is 8.80. The first-order valence-corrected chi connectivity index (χ1v) is 3.19. The number of hydrogen-bond donors (Lipinski definition) is 0. The van der Waals surface area contributed by atoms with Gasteiger partial charge in [0.2, 0.25) is 0 Å². The average molecular weight is 141 g/mol. The van der Waals surface area contributed by atoms with Gasteiger partial charge in [0.05, 0.1) is 12.5 Å². The highest BCUT2D eigenvalue weighted by Gasteiger charge is 1.98. The lowest BCUT2D eigenvalue weighted by Crippen LogP contribution is -1.98. The fourth-order valence-electron chi connectivity index (χ4n) is 0.590. The third-order valence-corrected chi connectivity index (χ3v) is 1.08. The van der Waals surface area contributed by atoms with Gasteiger partial charge < -0.3 is 4.74 Å². The molecule has 0 fully saturated rings. The van der Waals surface area contributed by atoms with Gasteiger partial charge >= 0.3 is 0 Å². The molecule has 0 aliphatic rings. The third kappa shape index (κ3) is 5.26. The molecule has 0 bridgehead atoms. The van der Waals surface area contributed by atoms with Crippen molar-refractivity contribution in [3.05, 3.63) is 0 Å². The first kappa shape index (κ1) is 9.12. The van der Waals surface area contributed by atoms with Crippen LogP contribution in [0.2, 0.25) is 0 Å². The van der Waals surface area contributed by atoms with E-state index in [0.717, 1.165) is 6.42 Å². The number of methoxy groups -OCH3 is 1. The third-order valence-electron chi connectivity index (χ3n) is 1.08. The molecule has 0 rings (SSSR count). The van der Waals surface area contributed by atoms with Crippen LogP contribution in [0, 0.1) is 11.3 Å². The summed E-state index contributed by atoms with van der Waals surface area (Å²) in [5, 5.41) is 8.09. The van der Waals surface area contributed by atoms with E-state index in [1.165, 1.54) is 0 Å². The summed E-state index contributed by atoms with van der Waals surface area (Å²) >= 11 is 0. The number of Topliss-reactive ketones (excluding diaryl/α,β-unsaturated/α-hetero) is 1. The molecule has 0 aromatic carbocycles. The molecule has 0 atom stereocenters. The van der Waals surface area contributed by atoms with Gasteiger partial charge in [-0.1, -0.05) is 0 Å². The summed E-state index contributed by atoms with van der Waals surface area (Å²) in [6.45, 7) is 0.594. The van der Waals surface area contributed by atoms with E-state index in [1.54, 1.807) is 13.2 Å². The Hall–Kier alpha value is -0.880. The van der Waals surface area contributed by atoms with Crippen LogP contribution < -0.4 is 0 Å². The molecule has 0 N–H and O–H groups in total. The van der Waals surface area contributed by atoms with Crippen molar-refractivity contribution in [1.29, 1.82) is 5.26 Å². The lowest BCUT2D eigenvalue weighted by atomic mass is 10.2. The van der Waals surface area contributed by atoms with Crippen LogP contribution in [0.5, 0.6) is 0 Å². The topological polar surface area (TPSA) is 50.1 Å². The van der Waals surface area contributed by atoms with Crippen LogP contribution in [0.3, 0.4) is 0 Å². The maximum atomic E-state index is 10.6. The van der Waals surface area contributed by atoms with Crippen LogP contribution in [-0.2, 0) is 9.53 Å². The van der Waals surface area contributed by atoms with Crippen molar-refractivity contribution in [1.82, 2.24) is 0 Å². The van der Waals surface area contributed by atoms with Crippen molar-refractivity contribution in [2.75, 3.05) is 13.7 Å². The Labute approximate surface area is 60.6 Å². The van der Waals surface area contributed by atoms with Crippen LogP contribution in [0.25, 0.3) is 0 Å². The lowest BCUT2D eigenvalue weighted by molar-refractivity contribution is -0.118. The number of carbonyl (C=O) groups is 1. The van der Waals surface area contributed by atoms with Crippen LogP contribution >= 0.6 is 0 Å². The summed E-state index contributed by atoms with van der Waals surface area (Å²) in [6, 6.07) is 1.80. The van der Waals surface area contributed by atoms with Gasteiger partial charge in [0, 0.05) is 20.1 Å². The molecular weight excluding hydrogens is 130 g/mol. The number of hydrogen-bond acceptors (Lipinski definition) is 3. The number of ketones is 1. The largest absolute Gasteiger partial charge is 0.385 e. The van der Waals surface area contributed by atoms with E-state index in [1.807, 2.05) is 0 Å². The molecule has 0 spiro atoms. The highest BCUT2D eigenvalue weighted by molar-refractivity contribution is 5.80. The van der Waals surface area contributed by atoms with Crippen molar-refractivity contribution >= 4 is 5.78 Å². The summed E-state index contributed by atoms with van der Waals surface area (Å²) in [7, 11) is 1.59. The second-order valence-electron chi connectivity index (χ2n) is 1.97. The molecule has 0 aliphatic heterocycles. The maximum absolute atomic E-state index is 10.6. The first-order chi connectivity index (χ1) is 4.81. The molecule has 0 unspecified atom stereocenters. The highest BCUT2D eigenvalue weighted by Crippen LogP contribution is 1.93. The van der Waals surface area contributed by atoms with E-state index in [0.29, 0.717) is 13.0 Å². The SMILES string of the molecule is COCCCC(=O)CC#N. The van der Waals surface area contributed by atoms with Crippen LogP contribution in [0.4, 0.5) is 0 Å². The summed E-state index contributed by atoms with van der Waals surface area (Å²) in [5.41, 5.74) is 0. The van der Waals surface area contributed by atoms with Crippen molar-refractivity contribution in [2.45, 2.75) is 19.3 Å². The van der Waals surface area contributed by atoms with E-state index in [-0.39, 0.29) is 12.2 Å². The number of ether oxygens (including phenoxy) is 1. The smallest absolute Gasteiger partial charge is 0.147 e. The van der Waals surface area contributed by atoms with Gasteiger partial charge in [0.1, 0.15) is 5.78 Å². The minimum absolute atomic E-state index is 0.000417. The van der Waals surface area contributed by atoms with Crippen molar-refractivity contribution in [3.63, 3.8) is 0 Å². The van der Waals surface area contributed by atoms with Crippen LogP contribution in [0.15, 0.2) is 0 Å². The second kappa shape index (κ2) is 6.24. The molecule has 0 aromatic rings. The second-order valence-corrected chi connectivity index (χ2v) is 1.97. The lowest BCUT2D eigenvalue weighted by Gasteiger charge is -1.94. The minimum Gasteiger partial charge on any atom is -0.385 e. The molecule has 56 valence electrons. The number of rotatable bonds is 5. The maximum Gasteiger partial charge on any atom is 0.147 e. The van der Waals surface area contributed by atoms with Gasteiger partial charge in [-0.05, 0) is 6.42 Å². The number of nitrogens with zero attached hydrogens (tertiary/aromatic N) is 1. The molecule has 0 aliphatic carbocycles. The van der Waals surface area contributed by atoms with E-state index >= 15 is 0 Å². The van der Waals surface area contributed by atoms with E-state index in [4.69, 9.17) is 10.00 Å². The molecule has 0 saturated heterocycles. The monoisotopic (exact) mass is 141 g/mol. The molecule has 0 heterocycles. The van der Waals surface area contributed by atoms with E-state index < -0.39 is 0 Å². The molecule has 10 heavy (non-hydrogen) atoms. The Morgan fingerprint density at radius 3 is 2.90 bits per heavy atom. The van der Waals surface area contributed by atoms with Crippen molar-refractivity contribution in [3.8, 4) is 6.07 Å². The quantitative estimate of drug-likeness (QED) is 0.534. The Bertz CT molecular complexity index is 137. The predicted octanol–water partition coefficient (Wildman–Crippen LogP) is 0.896. The van der Waals surface area contributed by atoms with Gasteiger partial charge in [-0.3, -0.25) is 4.79 Å². The molecule has 0 radical (unpaired) electrons. The Morgan fingerprint density at radius 2 is 2.40 bits per heavy atom. The van der Waals surface area contributed by atoms with Crippen molar-refractivity contribution in [2.24, 2.45) is 0 Å². The van der Waals surface area contributed by atoms with E-state index in [2.05, 4.69) is 0 Å². The zero-order valence-corrected chi connectivity index (χ0v) is 6.09. The molecular formula is C7H11NO2. The molecule has 0 saturated carbocycles. The highest BCUT2D eigenvalue weighted by atomic mass is 16.5. The van der Waals surface area contributed by atoms with E-state index in [9.17, 15) is 4.79 Å². The Balaban J connectivity index is 3.15. The summed E-state index contributed by atoms with van der Waals surface area (Å²) in [6.07, 6.45) is 1.21. The zero-order chi connectivity index (χ0) is 7.82. The fourth-order valence-corrected chi connectivity index (χ4v) is 0.590. The summed E-state index contributed by atoms with van der Waals surface area (Å²) < 4.78 is 4.74. The fraction of sp³-hybridized carbons (Fsp3) is 0.714. The predicted molar refractivity (Wildman–Crippen MR) is 36.3 cm³/mol. The molecule has 0 amide bonds. The Morgan fingerprint density at radius 1 is 1.70 bits per heavy atom. The van der Waals surface area contributed by atoms with Gasteiger partial charge in [-0.25, -0.2) is 0 Å². The van der Waals surface area contributed by atoms with Crippen molar-refractivity contribution < 1.29 is 9.53 Å². The summed E-state index contributed by atoms with van der Waals surface area (Å²) in [5.74, 6) is -0.000417. The van der Waals surface area contributed by atoms with Crippen LogP contribution in [0.1, 0.15) is 19.3 Å². The Kier molecular flexibility index (Phi) is 5.69.